The zero-order valence-electron chi connectivity index (χ0n) is 5.84. The van der Waals surface area contributed by atoms with Crippen LogP contribution in [-0.4, -0.2) is 11.1 Å². The van der Waals surface area contributed by atoms with Crippen molar-refractivity contribution in [1.29, 1.82) is 5.26 Å². The van der Waals surface area contributed by atoms with Gasteiger partial charge in [0.05, 0.1) is 6.07 Å². The van der Waals surface area contributed by atoms with Gasteiger partial charge in [-0.25, -0.2) is 0 Å². The zero-order chi connectivity index (χ0) is 7.82. The zero-order valence-corrected chi connectivity index (χ0v) is 5.84. The third-order valence-electron chi connectivity index (χ3n) is 1.18. The molecule has 1 N–H and O–H groups in total. The maximum Gasteiger partial charge on any atom is 0.303 e. The molecule has 0 saturated carbocycles. The number of hydrogen-bond acceptors (Lipinski definition) is 2. The van der Waals surface area contributed by atoms with Crippen LogP contribution in [0.2, 0.25) is 0 Å². The molecule has 3 nitrogen and oxygen atoms in total. The van der Waals surface area contributed by atoms with Gasteiger partial charge in [-0.3, -0.25) is 4.79 Å². The Morgan fingerprint density at radius 2 is 2.10 bits per heavy atom. The van der Waals surface area contributed by atoms with E-state index >= 15 is 0 Å². The lowest BCUT2D eigenvalue weighted by atomic mass is 10.1. The van der Waals surface area contributed by atoms with E-state index in [0.29, 0.717) is 12.8 Å². The summed E-state index contributed by atoms with van der Waals surface area (Å²) in [7, 11) is 0. The minimum atomic E-state index is -0.753. The number of carboxylic acids is 1. The fourth-order valence-electron chi connectivity index (χ4n) is 0.657. The number of carboxylic acid groups (broad SMARTS) is 1. The fourth-order valence-corrected chi connectivity index (χ4v) is 0.657. The van der Waals surface area contributed by atoms with E-state index in [2.05, 4.69) is 0 Å². The highest BCUT2D eigenvalue weighted by Crippen LogP contribution is 2.01. The van der Waals surface area contributed by atoms with Crippen molar-refractivity contribution in [3.63, 3.8) is 0 Å². The Bertz CT molecular complexity index is 137. The monoisotopic (exact) mass is 141 g/mol. The van der Waals surface area contributed by atoms with E-state index < -0.39 is 5.97 Å². The Balaban J connectivity index is 2.92. The first-order valence-corrected chi connectivity index (χ1v) is 3.36. The first kappa shape index (κ1) is 8.96. The summed E-state index contributed by atoms with van der Waals surface area (Å²) in [6.45, 7) is 0. The van der Waals surface area contributed by atoms with Crippen molar-refractivity contribution in [2.24, 2.45) is 0 Å². The fraction of sp³-hybridized carbons (Fsp3) is 0.714. The standard InChI is InChI=1S/C7H11NO2/c8-6-4-2-1-3-5-7(9)10/h1-5H2,(H,9,10). The van der Waals surface area contributed by atoms with E-state index in [9.17, 15) is 4.79 Å². The number of hydrogen-bond donors (Lipinski definition) is 1. The van der Waals surface area contributed by atoms with Crippen LogP contribution in [0.5, 0.6) is 0 Å². The van der Waals surface area contributed by atoms with Gasteiger partial charge in [0.2, 0.25) is 0 Å². The Kier molecular flexibility index (Phi) is 5.45. The molecule has 0 aliphatic heterocycles. The van der Waals surface area contributed by atoms with Crippen LogP contribution in [0.4, 0.5) is 0 Å². The largest absolute Gasteiger partial charge is 0.481 e. The molecule has 0 unspecified atom stereocenters. The maximum absolute atomic E-state index is 9.97. The van der Waals surface area contributed by atoms with Gasteiger partial charge in [-0.15, -0.1) is 0 Å². The Hall–Kier alpha value is -1.04. The Morgan fingerprint density at radius 1 is 1.40 bits per heavy atom. The maximum atomic E-state index is 9.97. The summed E-state index contributed by atoms with van der Waals surface area (Å²) in [5, 5.41) is 16.3. The summed E-state index contributed by atoms with van der Waals surface area (Å²) in [6.07, 6.45) is 3.13. The minimum absolute atomic E-state index is 0.228. The van der Waals surface area contributed by atoms with Gasteiger partial charge in [-0.2, -0.15) is 5.26 Å². The molecule has 0 spiro atoms. The van der Waals surface area contributed by atoms with Crippen molar-refractivity contribution in [3.8, 4) is 6.07 Å². The third kappa shape index (κ3) is 6.96. The molecule has 10 heavy (non-hydrogen) atoms. The van der Waals surface area contributed by atoms with E-state index in [0.717, 1.165) is 12.8 Å². The highest BCUT2D eigenvalue weighted by Gasteiger charge is 1.94. The van der Waals surface area contributed by atoms with Crippen LogP contribution < -0.4 is 0 Å². The van der Waals surface area contributed by atoms with Crippen LogP contribution in [0.3, 0.4) is 0 Å². The second-order valence-corrected chi connectivity index (χ2v) is 2.11. The highest BCUT2D eigenvalue weighted by molar-refractivity contribution is 5.66. The molecule has 0 aromatic rings. The minimum Gasteiger partial charge on any atom is -0.481 e. The van der Waals surface area contributed by atoms with Gasteiger partial charge >= 0.3 is 5.97 Å². The molecule has 0 rings (SSSR count). The average Bonchev–Trinajstić information content (AvgIpc) is 1.87. The van der Waals surface area contributed by atoms with Gasteiger partial charge in [0.1, 0.15) is 0 Å². The smallest absolute Gasteiger partial charge is 0.303 e. The Labute approximate surface area is 60.3 Å². The van der Waals surface area contributed by atoms with Gasteiger partial charge in [0, 0.05) is 12.8 Å². The van der Waals surface area contributed by atoms with Crippen molar-refractivity contribution in [2.45, 2.75) is 32.1 Å². The summed E-state index contributed by atoms with van der Waals surface area (Å²) in [6, 6.07) is 2.01. The van der Waals surface area contributed by atoms with Gasteiger partial charge in [0.25, 0.3) is 0 Å². The normalized spacial score (nSPS) is 8.70. The number of aliphatic carboxylic acids is 1. The number of nitriles is 1. The quantitative estimate of drug-likeness (QED) is 0.591. The second kappa shape index (κ2) is 6.09. The van der Waals surface area contributed by atoms with Gasteiger partial charge in [-0.05, 0) is 12.8 Å². The molecule has 0 radical (unpaired) electrons. The SMILES string of the molecule is N#CCCCCCC(=O)O. The molecule has 0 bridgehead atoms. The van der Waals surface area contributed by atoms with Crippen molar-refractivity contribution in [3.05, 3.63) is 0 Å². The lowest BCUT2D eigenvalue weighted by Gasteiger charge is -1.92. The lowest BCUT2D eigenvalue weighted by molar-refractivity contribution is -0.137. The molecule has 3 heteroatoms. The van der Waals surface area contributed by atoms with Crippen LogP contribution in [0, 0.1) is 11.3 Å². The molecule has 0 heterocycles. The van der Waals surface area contributed by atoms with E-state index in [4.69, 9.17) is 10.4 Å². The summed E-state index contributed by atoms with van der Waals surface area (Å²) in [4.78, 5) is 9.97. The Morgan fingerprint density at radius 3 is 2.60 bits per heavy atom. The highest BCUT2D eigenvalue weighted by atomic mass is 16.4. The number of carbonyl (C=O) groups is 1. The number of rotatable bonds is 5. The molecule has 0 atom stereocenters. The lowest BCUT2D eigenvalue weighted by Crippen LogP contribution is -1.93. The summed E-state index contributed by atoms with van der Waals surface area (Å²) in [5.74, 6) is -0.753. The van der Waals surface area contributed by atoms with E-state index in [1.165, 1.54) is 0 Å². The molecular formula is C7H11NO2. The molecule has 0 saturated heterocycles. The number of nitrogens with zero attached hydrogens (tertiary/aromatic N) is 1. The molecular weight excluding hydrogens is 130 g/mol. The predicted octanol–water partition coefficient (Wildman–Crippen LogP) is 1.55. The van der Waals surface area contributed by atoms with Crippen LogP contribution in [0.15, 0.2) is 0 Å². The van der Waals surface area contributed by atoms with Crippen LogP contribution in [0.25, 0.3) is 0 Å². The molecule has 0 fully saturated rings. The average molecular weight is 141 g/mol. The first-order chi connectivity index (χ1) is 4.77. The van der Waals surface area contributed by atoms with E-state index in [-0.39, 0.29) is 6.42 Å². The van der Waals surface area contributed by atoms with Gasteiger partial charge < -0.3 is 5.11 Å². The van der Waals surface area contributed by atoms with Gasteiger partial charge in [-0.1, -0.05) is 6.42 Å². The van der Waals surface area contributed by atoms with Crippen LogP contribution >= 0.6 is 0 Å². The molecule has 0 aliphatic rings. The van der Waals surface area contributed by atoms with Crippen molar-refractivity contribution in [2.75, 3.05) is 0 Å². The first-order valence-electron chi connectivity index (χ1n) is 3.36. The summed E-state index contributed by atoms with van der Waals surface area (Å²) < 4.78 is 0. The molecule has 0 amide bonds. The van der Waals surface area contributed by atoms with Crippen molar-refractivity contribution >= 4 is 5.97 Å². The predicted molar refractivity (Wildman–Crippen MR) is 36.3 cm³/mol. The molecule has 0 aromatic heterocycles. The summed E-state index contributed by atoms with van der Waals surface area (Å²) >= 11 is 0. The molecule has 0 aromatic carbocycles. The third-order valence-corrected chi connectivity index (χ3v) is 1.18. The second-order valence-electron chi connectivity index (χ2n) is 2.11. The topological polar surface area (TPSA) is 61.1 Å². The summed E-state index contributed by atoms with van der Waals surface area (Å²) in [5.41, 5.74) is 0. The van der Waals surface area contributed by atoms with Crippen molar-refractivity contribution in [1.82, 2.24) is 0 Å². The number of unbranched alkanes of at least 4 members (excludes halogenated alkanes) is 3. The van der Waals surface area contributed by atoms with Crippen LogP contribution in [-0.2, 0) is 4.79 Å². The van der Waals surface area contributed by atoms with Crippen LogP contribution in [0.1, 0.15) is 32.1 Å². The van der Waals surface area contributed by atoms with E-state index in [1.807, 2.05) is 6.07 Å². The molecule has 0 aliphatic carbocycles. The van der Waals surface area contributed by atoms with Crippen molar-refractivity contribution < 1.29 is 9.90 Å². The van der Waals surface area contributed by atoms with E-state index in [1.54, 1.807) is 0 Å². The van der Waals surface area contributed by atoms with Gasteiger partial charge in [0.15, 0.2) is 0 Å². The molecule has 56 valence electrons.